The minimum absolute atomic E-state index is 0.703. The summed E-state index contributed by atoms with van der Waals surface area (Å²) in [4.78, 5) is 10.6. The van der Waals surface area contributed by atoms with Gasteiger partial charge in [0.25, 0.3) is 0 Å². The first-order valence-corrected chi connectivity index (χ1v) is 10.4. The van der Waals surface area contributed by atoms with Crippen molar-refractivity contribution in [3.63, 3.8) is 0 Å². The molecule has 3 rings (SSSR count). The van der Waals surface area contributed by atoms with Gasteiger partial charge in [-0.3, -0.25) is 9.89 Å². The average Bonchev–Trinajstić information content (AvgIpc) is 3.19. The molecular formula is C21H30N4O2S. The van der Waals surface area contributed by atoms with Crippen LogP contribution < -0.4 is 14.8 Å². The first-order valence-electron chi connectivity index (χ1n) is 9.55. The number of methoxy groups -OCH3 is 2. The predicted octanol–water partition coefficient (Wildman–Crippen LogP) is 2.83. The van der Waals surface area contributed by atoms with Crippen molar-refractivity contribution in [3.8, 4) is 11.5 Å². The van der Waals surface area contributed by atoms with Gasteiger partial charge in [0, 0.05) is 63.3 Å². The van der Waals surface area contributed by atoms with Gasteiger partial charge in [0.2, 0.25) is 0 Å². The van der Waals surface area contributed by atoms with E-state index >= 15 is 0 Å². The molecule has 7 heteroatoms. The molecule has 2 aromatic rings. The third-order valence-corrected chi connectivity index (χ3v) is 6.10. The molecule has 0 unspecified atom stereocenters. The zero-order chi connectivity index (χ0) is 19.9. The van der Waals surface area contributed by atoms with Crippen LogP contribution in [0.2, 0.25) is 0 Å². The van der Waals surface area contributed by atoms with Crippen LogP contribution in [0, 0.1) is 0 Å². The van der Waals surface area contributed by atoms with Gasteiger partial charge in [-0.1, -0.05) is 0 Å². The highest BCUT2D eigenvalue weighted by Crippen LogP contribution is 2.26. The normalized spacial score (nSPS) is 14.5. The molecule has 0 bridgehead atoms. The van der Waals surface area contributed by atoms with E-state index in [1.165, 1.54) is 12.0 Å². The highest BCUT2D eigenvalue weighted by molar-refractivity contribution is 7.10. The number of aliphatic imine (C=N–C) groups is 1. The Morgan fingerprint density at radius 2 is 2.14 bits per heavy atom. The number of nitrogens with one attached hydrogen (secondary N) is 1. The Morgan fingerprint density at radius 1 is 1.29 bits per heavy atom. The summed E-state index contributed by atoms with van der Waals surface area (Å²) in [7, 11) is 7.21. The molecule has 1 aliphatic rings. The van der Waals surface area contributed by atoms with E-state index in [4.69, 9.17) is 9.47 Å². The molecular weight excluding hydrogens is 372 g/mol. The maximum atomic E-state index is 5.51. The second kappa shape index (κ2) is 9.80. The molecule has 1 aromatic heterocycles. The molecule has 0 fully saturated rings. The number of ether oxygens (including phenoxy) is 2. The molecule has 1 N–H and O–H groups in total. The first kappa shape index (κ1) is 20.5. The Hall–Kier alpha value is -2.25. The quantitative estimate of drug-likeness (QED) is 0.570. The van der Waals surface area contributed by atoms with Gasteiger partial charge in [-0.15, -0.1) is 11.3 Å². The number of fused-ring (bicyclic) bond motifs is 1. The first-order chi connectivity index (χ1) is 13.6. The fraction of sp³-hybridized carbons (Fsp3) is 0.476. The van der Waals surface area contributed by atoms with Gasteiger partial charge in [-0.25, -0.2) is 0 Å². The van der Waals surface area contributed by atoms with Gasteiger partial charge >= 0.3 is 0 Å². The molecule has 1 aliphatic heterocycles. The van der Waals surface area contributed by atoms with E-state index in [0.29, 0.717) is 6.54 Å². The zero-order valence-electron chi connectivity index (χ0n) is 17.2. The Balaban J connectivity index is 1.51. The summed E-state index contributed by atoms with van der Waals surface area (Å²) in [6.07, 6.45) is 1.17. The number of guanidine groups is 1. The Kier molecular flexibility index (Phi) is 7.17. The van der Waals surface area contributed by atoms with Gasteiger partial charge < -0.3 is 19.7 Å². The third kappa shape index (κ3) is 4.97. The van der Waals surface area contributed by atoms with E-state index in [0.717, 1.165) is 49.2 Å². The summed E-state index contributed by atoms with van der Waals surface area (Å²) in [5.41, 5.74) is 2.58. The van der Waals surface area contributed by atoms with Crippen molar-refractivity contribution in [3.05, 3.63) is 45.6 Å². The van der Waals surface area contributed by atoms with E-state index in [2.05, 4.69) is 31.6 Å². The maximum absolute atomic E-state index is 5.51. The van der Waals surface area contributed by atoms with Gasteiger partial charge in [-0.2, -0.15) is 0 Å². The molecule has 0 aliphatic carbocycles. The van der Waals surface area contributed by atoms with Crippen LogP contribution in [0.5, 0.6) is 11.5 Å². The summed E-state index contributed by atoms with van der Waals surface area (Å²) in [6, 6.07) is 8.16. The number of hydrogen-bond donors (Lipinski definition) is 1. The largest absolute Gasteiger partial charge is 0.497 e. The molecule has 2 heterocycles. The van der Waals surface area contributed by atoms with Crippen LogP contribution in [0.1, 0.15) is 16.0 Å². The van der Waals surface area contributed by atoms with Crippen LogP contribution in [0.4, 0.5) is 0 Å². The number of rotatable bonds is 7. The van der Waals surface area contributed by atoms with Crippen LogP contribution in [-0.4, -0.2) is 63.7 Å². The Bertz CT molecular complexity index is 805. The van der Waals surface area contributed by atoms with E-state index in [1.54, 1.807) is 19.1 Å². The molecule has 6 nitrogen and oxygen atoms in total. The van der Waals surface area contributed by atoms with Crippen molar-refractivity contribution in [2.45, 2.75) is 19.5 Å². The monoisotopic (exact) mass is 402 g/mol. The second-order valence-corrected chi connectivity index (χ2v) is 7.90. The lowest BCUT2D eigenvalue weighted by atomic mass is 10.1. The van der Waals surface area contributed by atoms with E-state index in [-0.39, 0.29) is 0 Å². The highest BCUT2D eigenvalue weighted by atomic mass is 32.1. The van der Waals surface area contributed by atoms with Crippen molar-refractivity contribution in [1.82, 2.24) is 15.1 Å². The lowest BCUT2D eigenvalue weighted by Crippen LogP contribution is -2.43. The number of thiophene rings is 1. The van der Waals surface area contributed by atoms with E-state index < -0.39 is 0 Å². The molecule has 0 saturated heterocycles. The molecule has 0 radical (unpaired) electrons. The fourth-order valence-corrected chi connectivity index (χ4v) is 4.41. The van der Waals surface area contributed by atoms with Gasteiger partial charge in [0.05, 0.1) is 14.2 Å². The van der Waals surface area contributed by atoms with Gasteiger partial charge in [0.15, 0.2) is 5.96 Å². The number of benzene rings is 1. The van der Waals surface area contributed by atoms with E-state index in [1.807, 2.05) is 43.6 Å². The number of hydrogen-bond acceptors (Lipinski definition) is 5. The Morgan fingerprint density at radius 3 is 2.89 bits per heavy atom. The molecule has 152 valence electrons. The standard InChI is InChI=1S/C21H30N4O2S/c1-22-21(23-9-11-25-10-7-20-17(15-25)8-12-28-20)24(2)14-16-5-6-18(26-3)13-19(16)27-4/h5-6,8,12-13H,7,9-11,14-15H2,1-4H3,(H,22,23). The maximum Gasteiger partial charge on any atom is 0.193 e. The lowest BCUT2D eigenvalue weighted by molar-refractivity contribution is 0.259. The van der Waals surface area contributed by atoms with Crippen molar-refractivity contribution < 1.29 is 9.47 Å². The SMILES string of the molecule is CN=C(NCCN1CCc2sccc2C1)N(C)Cc1ccc(OC)cc1OC. The average molecular weight is 403 g/mol. The zero-order valence-corrected chi connectivity index (χ0v) is 18.0. The van der Waals surface area contributed by atoms with Gasteiger partial charge in [0.1, 0.15) is 11.5 Å². The van der Waals surface area contributed by atoms with Crippen LogP contribution in [0.25, 0.3) is 0 Å². The van der Waals surface area contributed by atoms with Crippen molar-refractivity contribution in [2.75, 3.05) is 47.9 Å². The lowest BCUT2D eigenvalue weighted by Gasteiger charge is -2.28. The minimum Gasteiger partial charge on any atom is -0.497 e. The molecule has 0 spiro atoms. The third-order valence-electron chi connectivity index (χ3n) is 5.07. The summed E-state index contributed by atoms with van der Waals surface area (Å²) in [5.74, 6) is 2.49. The van der Waals surface area contributed by atoms with Crippen LogP contribution in [0.3, 0.4) is 0 Å². The topological polar surface area (TPSA) is 49.3 Å². The predicted molar refractivity (Wildman–Crippen MR) is 116 cm³/mol. The molecule has 0 saturated carbocycles. The minimum atomic E-state index is 0.703. The summed E-state index contributed by atoms with van der Waals surface area (Å²) in [6.45, 7) is 4.77. The number of nitrogens with zero attached hydrogens (tertiary/aromatic N) is 3. The van der Waals surface area contributed by atoms with Crippen LogP contribution in [-0.2, 0) is 19.5 Å². The second-order valence-electron chi connectivity index (χ2n) is 6.90. The molecule has 1 aromatic carbocycles. The fourth-order valence-electron chi connectivity index (χ4n) is 3.52. The summed E-state index contributed by atoms with van der Waals surface area (Å²) < 4.78 is 10.8. The smallest absolute Gasteiger partial charge is 0.193 e. The van der Waals surface area contributed by atoms with Gasteiger partial charge in [-0.05, 0) is 35.6 Å². The van der Waals surface area contributed by atoms with E-state index in [9.17, 15) is 0 Å². The van der Waals surface area contributed by atoms with Crippen LogP contribution >= 0.6 is 11.3 Å². The highest BCUT2D eigenvalue weighted by Gasteiger charge is 2.17. The van der Waals surface area contributed by atoms with Crippen molar-refractivity contribution in [1.29, 1.82) is 0 Å². The van der Waals surface area contributed by atoms with Crippen molar-refractivity contribution >= 4 is 17.3 Å². The molecule has 0 amide bonds. The van der Waals surface area contributed by atoms with Crippen molar-refractivity contribution in [2.24, 2.45) is 4.99 Å². The summed E-state index contributed by atoms with van der Waals surface area (Å²) >= 11 is 1.88. The molecule has 28 heavy (non-hydrogen) atoms. The summed E-state index contributed by atoms with van der Waals surface area (Å²) in [5, 5.41) is 5.69. The molecule has 0 atom stereocenters. The Labute approximate surface area is 171 Å². The van der Waals surface area contributed by atoms with Crippen LogP contribution in [0.15, 0.2) is 34.6 Å².